The third-order valence-corrected chi connectivity index (χ3v) is 3.48. The van der Waals surface area contributed by atoms with Crippen LogP contribution in [0.2, 0.25) is 0 Å². The van der Waals surface area contributed by atoms with Crippen LogP contribution in [-0.2, 0) is 0 Å². The van der Waals surface area contributed by atoms with Gasteiger partial charge in [0.1, 0.15) is 0 Å². The number of nitrogens with zero attached hydrogens (tertiary/aromatic N) is 1. The molecule has 0 bridgehead atoms. The minimum atomic E-state index is 0.831. The van der Waals surface area contributed by atoms with Gasteiger partial charge < -0.3 is 0 Å². The van der Waals surface area contributed by atoms with Gasteiger partial charge in [0.05, 0.1) is 0 Å². The highest BCUT2D eigenvalue weighted by Crippen LogP contribution is 2.36. The Kier molecular flexibility index (Phi) is 1.92. The van der Waals surface area contributed by atoms with Gasteiger partial charge in [0, 0.05) is 12.6 Å². The fraction of sp³-hybridized carbons (Fsp3) is 1.00. The molecule has 0 aromatic carbocycles. The van der Waals surface area contributed by atoms with E-state index in [4.69, 9.17) is 0 Å². The molecule has 1 nitrogen and oxygen atoms in total. The van der Waals surface area contributed by atoms with Crippen molar-refractivity contribution in [3.8, 4) is 0 Å². The molecule has 1 aliphatic heterocycles. The Morgan fingerprint density at radius 3 is 2.70 bits per heavy atom. The van der Waals surface area contributed by atoms with Crippen molar-refractivity contribution in [2.45, 2.75) is 38.1 Å². The molecular formula is C8H15NS. The van der Waals surface area contributed by atoms with Crippen LogP contribution in [0.5, 0.6) is 0 Å². The van der Waals surface area contributed by atoms with Crippen molar-refractivity contribution in [3.63, 3.8) is 0 Å². The van der Waals surface area contributed by atoms with Crippen LogP contribution in [0.1, 0.15) is 32.1 Å². The van der Waals surface area contributed by atoms with Gasteiger partial charge in [-0.1, -0.05) is 25.7 Å². The van der Waals surface area contributed by atoms with E-state index in [9.17, 15) is 0 Å². The Morgan fingerprint density at radius 1 is 1.10 bits per heavy atom. The summed E-state index contributed by atoms with van der Waals surface area (Å²) in [5.41, 5.74) is 0. The van der Waals surface area contributed by atoms with Crippen LogP contribution in [0.4, 0.5) is 0 Å². The zero-order chi connectivity index (χ0) is 6.97. The highest BCUT2D eigenvalue weighted by atomic mass is 32.1. The molecule has 0 radical (unpaired) electrons. The fourth-order valence-electron chi connectivity index (χ4n) is 2.38. The summed E-state index contributed by atoms with van der Waals surface area (Å²) in [5.74, 6) is 0.992. The zero-order valence-corrected chi connectivity index (χ0v) is 7.19. The topological polar surface area (TPSA) is 3.24 Å². The molecule has 58 valence electrons. The molecule has 10 heavy (non-hydrogen) atoms. The maximum absolute atomic E-state index is 4.45. The summed E-state index contributed by atoms with van der Waals surface area (Å²) in [7, 11) is 0. The minimum Gasteiger partial charge on any atom is -0.250 e. The lowest BCUT2D eigenvalue weighted by Gasteiger charge is -2.28. The molecule has 2 heteroatoms. The number of hydrogen-bond acceptors (Lipinski definition) is 2. The summed E-state index contributed by atoms with van der Waals surface area (Å²) in [6.45, 7) is 1.22. The average molecular weight is 157 g/mol. The van der Waals surface area contributed by atoms with Crippen LogP contribution in [0.25, 0.3) is 0 Å². The van der Waals surface area contributed by atoms with Crippen molar-refractivity contribution in [1.29, 1.82) is 0 Å². The van der Waals surface area contributed by atoms with E-state index in [0.717, 1.165) is 12.0 Å². The van der Waals surface area contributed by atoms with E-state index >= 15 is 0 Å². The second kappa shape index (κ2) is 2.74. The Labute approximate surface area is 68.3 Å². The van der Waals surface area contributed by atoms with E-state index in [2.05, 4.69) is 17.1 Å². The van der Waals surface area contributed by atoms with Gasteiger partial charge in [0.15, 0.2) is 0 Å². The number of thiol groups is 1. The van der Waals surface area contributed by atoms with Crippen LogP contribution in [0.3, 0.4) is 0 Å². The monoisotopic (exact) mass is 157 g/mol. The predicted octanol–water partition coefficient (Wildman–Crippen LogP) is 2.10. The number of hydrogen-bond donors (Lipinski definition) is 1. The lowest BCUT2D eigenvalue weighted by molar-refractivity contribution is 0.275. The second-order valence-corrected chi connectivity index (χ2v) is 4.08. The van der Waals surface area contributed by atoms with Crippen molar-refractivity contribution in [1.82, 2.24) is 4.31 Å². The summed E-state index contributed by atoms with van der Waals surface area (Å²) in [6.07, 6.45) is 7.14. The second-order valence-electron chi connectivity index (χ2n) is 3.56. The molecule has 2 fully saturated rings. The van der Waals surface area contributed by atoms with Crippen molar-refractivity contribution in [2.75, 3.05) is 6.54 Å². The average Bonchev–Trinajstić information content (AvgIpc) is 2.34. The van der Waals surface area contributed by atoms with Crippen LogP contribution < -0.4 is 0 Å². The van der Waals surface area contributed by atoms with Gasteiger partial charge in [0.2, 0.25) is 0 Å². The first-order valence-corrected chi connectivity index (χ1v) is 4.73. The summed E-state index contributed by atoms with van der Waals surface area (Å²) in [6, 6.07) is 0.831. The smallest absolute Gasteiger partial charge is 0.0228 e. The molecule has 0 N–H and O–H groups in total. The van der Waals surface area contributed by atoms with Crippen LogP contribution in [0, 0.1) is 5.92 Å². The minimum absolute atomic E-state index is 0.831. The molecule has 2 aliphatic rings. The van der Waals surface area contributed by atoms with Crippen molar-refractivity contribution in [2.24, 2.45) is 5.92 Å². The highest BCUT2D eigenvalue weighted by molar-refractivity contribution is 7.77. The fourth-order valence-corrected chi connectivity index (χ4v) is 2.80. The zero-order valence-electron chi connectivity index (χ0n) is 6.29. The Bertz CT molecular complexity index is 124. The van der Waals surface area contributed by atoms with Gasteiger partial charge >= 0.3 is 0 Å². The van der Waals surface area contributed by atoms with Crippen LogP contribution >= 0.6 is 12.8 Å². The van der Waals surface area contributed by atoms with Crippen molar-refractivity contribution in [3.05, 3.63) is 0 Å². The van der Waals surface area contributed by atoms with E-state index in [1.807, 2.05) is 0 Å². The van der Waals surface area contributed by atoms with Gasteiger partial charge in [-0.2, -0.15) is 0 Å². The Hall–Kier alpha value is 0.310. The standard InChI is InChI=1S/C8H15NS/c10-9-6-5-7-3-1-2-4-8(7)9/h7-8,10H,1-6H2. The van der Waals surface area contributed by atoms with Gasteiger partial charge in [-0.3, -0.25) is 0 Å². The molecule has 0 aromatic heterocycles. The molecule has 1 saturated carbocycles. The summed E-state index contributed by atoms with van der Waals surface area (Å²) < 4.78 is 2.25. The first-order chi connectivity index (χ1) is 4.88. The van der Waals surface area contributed by atoms with Gasteiger partial charge in [-0.05, 0) is 25.2 Å². The molecule has 1 saturated heterocycles. The molecule has 2 atom stereocenters. The van der Waals surface area contributed by atoms with Crippen LogP contribution in [-0.4, -0.2) is 16.9 Å². The van der Waals surface area contributed by atoms with Gasteiger partial charge in [-0.15, -0.1) is 0 Å². The van der Waals surface area contributed by atoms with Gasteiger partial charge in [0.25, 0.3) is 0 Å². The Morgan fingerprint density at radius 2 is 1.90 bits per heavy atom. The van der Waals surface area contributed by atoms with Crippen molar-refractivity contribution < 1.29 is 0 Å². The molecule has 0 amide bonds. The van der Waals surface area contributed by atoms with E-state index in [1.54, 1.807) is 0 Å². The number of fused-ring (bicyclic) bond motifs is 1. The molecule has 0 aromatic rings. The quantitative estimate of drug-likeness (QED) is 0.527. The normalized spacial score (nSPS) is 41.7. The first kappa shape index (κ1) is 6.99. The summed E-state index contributed by atoms with van der Waals surface area (Å²) in [4.78, 5) is 0. The third-order valence-electron chi connectivity index (χ3n) is 2.98. The molecule has 1 aliphatic carbocycles. The first-order valence-electron chi connectivity index (χ1n) is 4.33. The maximum Gasteiger partial charge on any atom is 0.0228 e. The van der Waals surface area contributed by atoms with Crippen molar-refractivity contribution >= 4 is 12.8 Å². The summed E-state index contributed by atoms with van der Waals surface area (Å²) in [5, 5.41) is 0. The molecule has 2 unspecified atom stereocenters. The predicted molar refractivity (Wildman–Crippen MR) is 46.1 cm³/mol. The number of rotatable bonds is 0. The molecule has 2 rings (SSSR count). The molecule has 1 heterocycles. The highest BCUT2D eigenvalue weighted by Gasteiger charge is 2.33. The Balaban J connectivity index is 2.01. The largest absolute Gasteiger partial charge is 0.250 e. The third kappa shape index (κ3) is 1.08. The SMILES string of the molecule is SN1CCC2CCCCC21. The lowest BCUT2D eigenvalue weighted by Crippen LogP contribution is -2.28. The van der Waals surface area contributed by atoms with E-state index in [-0.39, 0.29) is 0 Å². The lowest BCUT2D eigenvalue weighted by atomic mass is 9.86. The van der Waals surface area contributed by atoms with E-state index in [0.29, 0.717) is 0 Å². The van der Waals surface area contributed by atoms with Crippen LogP contribution in [0.15, 0.2) is 0 Å². The van der Waals surface area contributed by atoms with E-state index < -0.39 is 0 Å². The van der Waals surface area contributed by atoms with Gasteiger partial charge in [-0.25, -0.2) is 4.31 Å². The molecular weight excluding hydrogens is 142 g/mol. The summed E-state index contributed by atoms with van der Waals surface area (Å²) >= 11 is 4.45. The van der Waals surface area contributed by atoms with E-state index in [1.165, 1.54) is 38.6 Å². The maximum atomic E-state index is 4.45. The molecule has 0 spiro atoms.